The number of hydrogen-bond donors (Lipinski definition) is 1. The van der Waals surface area contributed by atoms with E-state index >= 15 is 0 Å². The molecule has 0 fully saturated rings. The van der Waals surface area contributed by atoms with Crippen LogP contribution in [0.2, 0.25) is 0 Å². The number of fused-ring (bicyclic) bond motifs is 1. The van der Waals surface area contributed by atoms with Crippen LogP contribution in [0.25, 0.3) is 0 Å². The van der Waals surface area contributed by atoms with Crippen LogP contribution in [-0.2, 0) is 14.8 Å². The summed E-state index contributed by atoms with van der Waals surface area (Å²) in [4.78, 5) is 25.0. The molecule has 0 bridgehead atoms. The van der Waals surface area contributed by atoms with E-state index in [0.29, 0.717) is 9.99 Å². The summed E-state index contributed by atoms with van der Waals surface area (Å²) in [6, 6.07) is 10.3. The Bertz CT molecular complexity index is 982. The second-order valence-corrected chi connectivity index (χ2v) is 7.80. The van der Waals surface area contributed by atoms with Crippen LogP contribution in [0.15, 0.2) is 47.4 Å². The highest BCUT2D eigenvalue weighted by molar-refractivity contribution is 7.90. The van der Waals surface area contributed by atoms with Crippen LogP contribution < -0.4 is 5.32 Å². The predicted molar refractivity (Wildman–Crippen MR) is 93.8 cm³/mol. The number of nitrogens with zero attached hydrogens (tertiary/aromatic N) is 1. The van der Waals surface area contributed by atoms with Crippen molar-refractivity contribution in [1.29, 1.82) is 0 Å². The molecule has 0 aliphatic carbocycles. The highest BCUT2D eigenvalue weighted by atomic mass is 32.2. The van der Waals surface area contributed by atoms with Crippen molar-refractivity contribution in [2.24, 2.45) is 0 Å². The largest absolute Gasteiger partial charge is 0.324 e. The maximum absolute atomic E-state index is 12.6. The van der Waals surface area contributed by atoms with E-state index in [2.05, 4.69) is 5.32 Å². The smallest absolute Gasteiger partial charge is 0.269 e. The van der Waals surface area contributed by atoms with Gasteiger partial charge in [-0.25, -0.2) is 12.7 Å². The summed E-state index contributed by atoms with van der Waals surface area (Å²) in [5.41, 5.74) is 2.58. The number of nitrogens with one attached hydrogen (secondary N) is 1. The van der Waals surface area contributed by atoms with Crippen molar-refractivity contribution in [3.63, 3.8) is 0 Å². The molecular weight excluding hydrogens is 340 g/mol. The van der Waals surface area contributed by atoms with Crippen molar-refractivity contribution in [3.05, 3.63) is 59.2 Å². The van der Waals surface area contributed by atoms with Gasteiger partial charge in [0.25, 0.3) is 15.9 Å². The number of carbonyl (C=O) groups is 2. The zero-order valence-corrected chi connectivity index (χ0v) is 14.9. The Morgan fingerprint density at radius 2 is 1.76 bits per heavy atom. The third-order valence-corrected chi connectivity index (χ3v) is 6.36. The lowest BCUT2D eigenvalue weighted by Gasteiger charge is -2.23. The molecule has 130 valence electrons. The second kappa shape index (κ2) is 6.00. The van der Waals surface area contributed by atoms with E-state index in [0.717, 1.165) is 11.1 Å². The zero-order valence-electron chi connectivity index (χ0n) is 14.1. The molecule has 0 spiro atoms. The van der Waals surface area contributed by atoms with Crippen molar-refractivity contribution in [2.45, 2.75) is 31.7 Å². The molecule has 1 aliphatic rings. The summed E-state index contributed by atoms with van der Waals surface area (Å²) in [6.45, 7) is 5.19. The van der Waals surface area contributed by atoms with E-state index in [-0.39, 0.29) is 10.5 Å². The average Bonchev–Trinajstić information content (AvgIpc) is 2.78. The second-order valence-electron chi connectivity index (χ2n) is 6.01. The van der Waals surface area contributed by atoms with Gasteiger partial charge in [0.15, 0.2) is 0 Å². The number of hydrogen-bond acceptors (Lipinski definition) is 4. The van der Waals surface area contributed by atoms with Gasteiger partial charge < -0.3 is 5.32 Å². The monoisotopic (exact) mass is 358 g/mol. The molecule has 6 nitrogen and oxygen atoms in total. The quantitative estimate of drug-likeness (QED) is 0.914. The number of benzene rings is 2. The Morgan fingerprint density at radius 3 is 2.44 bits per heavy atom. The first kappa shape index (κ1) is 17.2. The van der Waals surface area contributed by atoms with Crippen molar-refractivity contribution in [1.82, 2.24) is 4.31 Å². The molecule has 7 heteroatoms. The number of anilines is 1. The zero-order chi connectivity index (χ0) is 18.4. The molecule has 0 saturated carbocycles. The molecule has 2 aromatic carbocycles. The van der Waals surface area contributed by atoms with Crippen LogP contribution in [0.1, 0.15) is 28.4 Å². The third-order valence-electron chi connectivity index (χ3n) is 4.45. The first-order valence-electron chi connectivity index (χ1n) is 7.80. The summed E-state index contributed by atoms with van der Waals surface area (Å²) in [5, 5.41) is 2.72. The molecule has 2 aromatic rings. The predicted octanol–water partition coefficient (Wildman–Crippen LogP) is 2.48. The van der Waals surface area contributed by atoms with Gasteiger partial charge in [0, 0.05) is 5.69 Å². The maximum atomic E-state index is 12.6. The van der Waals surface area contributed by atoms with Crippen molar-refractivity contribution in [2.75, 3.05) is 5.32 Å². The summed E-state index contributed by atoms with van der Waals surface area (Å²) < 4.78 is 25.9. The van der Waals surface area contributed by atoms with Crippen LogP contribution >= 0.6 is 0 Å². The van der Waals surface area contributed by atoms with Gasteiger partial charge in [-0.05, 0) is 50.1 Å². The molecule has 1 N–H and O–H groups in total. The lowest BCUT2D eigenvalue weighted by atomic mass is 10.1. The Kier molecular flexibility index (Phi) is 4.12. The van der Waals surface area contributed by atoms with Gasteiger partial charge in [-0.3, -0.25) is 9.59 Å². The Balaban J connectivity index is 1.91. The van der Waals surface area contributed by atoms with E-state index in [4.69, 9.17) is 0 Å². The normalized spacial score (nSPS) is 16.4. The highest BCUT2D eigenvalue weighted by Crippen LogP contribution is 2.32. The molecule has 1 heterocycles. The summed E-state index contributed by atoms with van der Waals surface area (Å²) >= 11 is 0. The van der Waals surface area contributed by atoms with Crippen LogP contribution in [0.5, 0.6) is 0 Å². The molecule has 0 unspecified atom stereocenters. The lowest BCUT2D eigenvalue weighted by Crippen LogP contribution is -2.45. The molecule has 0 aromatic heterocycles. The average molecular weight is 358 g/mol. The van der Waals surface area contributed by atoms with Crippen molar-refractivity contribution >= 4 is 27.5 Å². The molecule has 0 saturated heterocycles. The fourth-order valence-corrected chi connectivity index (χ4v) is 4.54. The Hall–Kier alpha value is -2.67. The van der Waals surface area contributed by atoms with Gasteiger partial charge in [0.05, 0.1) is 5.56 Å². The standard InChI is InChI=1S/C18H18N2O4S/c1-11-7-6-9-15(12(11)2)19-17(21)13(3)20-18(22)14-8-4-5-10-16(14)25(20,23)24/h4-10,13H,1-3H3,(H,19,21)/t13-/m0/s1. The van der Waals surface area contributed by atoms with E-state index in [9.17, 15) is 18.0 Å². The van der Waals surface area contributed by atoms with Crippen molar-refractivity contribution in [3.8, 4) is 0 Å². The molecule has 0 radical (unpaired) electrons. The first-order valence-corrected chi connectivity index (χ1v) is 9.24. The molecule has 25 heavy (non-hydrogen) atoms. The molecule has 1 aliphatic heterocycles. The number of rotatable bonds is 3. The van der Waals surface area contributed by atoms with E-state index in [1.165, 1.54) is 19.1 Å². The molecular formula is C18H18N2O4S. The van der Waals surface area contributed by atoms with Gasteiger partial charge in [0.1, 0.15) is 10.9 Å². The molecule has 2 amide bonds. The van der Waals surface area contributed by atoms with Gasteiger partial charge in [0.2, 0.25) is 5.91 Å². The fourth-order valence-electron chi connectivity index (χ4n) is 2.82. The summed E-state index contributed by atoms with van der Waals surface area (Å²) in [5.74, 6) is -1.24. The van der Waals surface area contributed by atoms with E-state index in [1.807, 2.05) is 19.9 Å². The van der Waals surface area contributed by atoms with Gasteiger partial charge in [-0.2, -0.15) is 0 Å². The van der Waals surface area contributed by atoms with Crippen molar-refractivity contribution < 1.29 is 18.0 Å². The summed E-state index contributed by atoms with van der Waals surface area (Å²) in [7, 11) is -4.03. The first-order chi connectivity index (χ1) is 11.7. The number of carbonyl (C=O) groups excluding carboxylic acids is 2. The minimum Gasteiger partial charge on any atom is -0.324 e. The van der Waals surface area contributed by atoms with Crippen LogP contribution in [-0.4, -0.2) is 30.6 Å². The number of amides is 2. The van der Waals surface area contributed by atoms with E-state index < -0.39 is 27.9 Å². The highest BCUT2D eigenvalue weighted by Gasteiger charge is 2.45. The topological polar surface area (TPSA) is 83.6 Å². The minimum atomic E-state index is -4.03. The van der Waals surface area contributed by atoms with E-state index in [1.54, 1.807) is 24.3 Å². The molecule has 1 atom stereocenters. The van der Waals surface area contributed by atoms with Crippen LogP contribution in [0.3, 0.4) is 0 Å². The Morgan fingerprint density at radius 1 is 1.08 bits per heavy atom. The summed E-state index contributed by atoms with van der Waals surface area (Å²) in [6.07, 6.45) is 0. The number of aryl methyl sites for hydroxylation is 1. The van der Waals surface area contributed by atoms with Crippen LogP contribution in [0.4, 0.5) is 5.69 Å². The van der Waals surface area contributed by atoms with Gasteiger partial charge in [-0.1, -0.05) is 24.3 Å². The third kappa shape index (κ3) is 2.70. The Labute approximate surface area is 146 Å². The minimum absolute atomic E-state index is 0.0635. The lowest BCUT2D eigenvalue weighted by molar-refractivity contribution is -0.118. The van der Waals surface area contributed by atoms with Crippen LogP contribution in [0, 0.1) is 13.8 Å². The maximum Gasteiger partial charge on any atom is 0.269 e. The fraction of sp³-hybridized carbons (Fsp3) is 0.222. The number of sulfonamides is 1. The van der Waals surface area contributed by atoms with Gasteiger partial charge >= 0.3 is 0 Å². The van der Waals surface area contributed by atoms with Gasteiger partial charge in [-0.15, -0.1) is 0 Å². The molecule has 3 rings (SSSR count). The SMILES string of the molecule is Cc1cccc(NC(=O)[C@H](C)N2C(=O)c3ccccc3S2(=O)=O)c1C.